The lowest BCUT2D eigenvalue weighted by Gasteiger charge is -2.38. The Kier molecular flexibility index (Phi) is 4.49. The summed E-state index contributed by atoms with van der Waals surface area (Å²) in [6.45, 7) is 0.306. The first kappa shape index (κ1) is 16.8. The van der Waals surface area contributed by atoms with Crippen molar-refractivity contribution in [3.63, 3.8) is 0 Å². The van der Waals surface area contributed by atoms with Crippen molar-refractivity contribution in [3.05, 3.63) is 43.0 Å². The molecule has 2 amide bonds. The van der Waals surface area contributed by atoms with Crippen LogP contribution in [0.4, 0.5) is 10.5 Å². The van der Waals surface area contributed by atoms with Gasteiger partial charge in [-0.25, -0.2) is 9.78 Å². The van der Waals surface area contributed by atoms with Crippen LogP contribution in [0.1, 0.15) is 6.04 Å². The fourth-order valence-electron chi connectivity index (χ4n) is 3.34. The summed E-state index contributed by atoms with van der Waals surface area (Å²) in [4.78, 5) is 16.4. The van der Waals surface area contributed by atoms with E-state index in [1.54, 1.807) is 54.7 Å². The normalized spacial score (nSPS) is 30.0. The van der Waals surface area contributed by atoms with Gasteiger partial charge in [0.25, 0.3) is 0 Å². The zero-order chi connectivity index (χ0) is 18.1. The van der Waals surface area contributed by atoms with Crippen molar-refractivity contribution in [2.24, 2.45) is 0 Å². The summed E-state index contributed by atoms with van der Waals surface area (Å²) in [7, 11) is 1.58. The van der Waals surface area contributed by atoms with Crippen molar-refractivity contribution in [2.75, 3.05) is 19.0 Å². The summed E-state index contributed by atoms with van der Waals surface area (Å²) in [5.74, 6) is 0.699. The number of anilines is 1. The number of rotatable bonds is 4. The number of urea groups is 1. The second kappa shape index (κ2) is 6.94. The van der Waals surface area contributed by atoms with Gasteiger partial charge in [0.15, 0.2) is 6.29 Å². The van der Waals surface area contributed by atoms with E-state index in [1.807, 2.05) is 0 Å². The van der Waals surface area contributed by atoms with E-state index in [0.29, 0.717) is 18.0 Å². The predicted molar refractivity (Wildman–Crippen MR) is 90.8 cm³/mol. The summed E-state index contributed by atoms with van der Waals surface area (Å²) in [6.07, 6.45) is 3.09. The largest absolute Gasteiger partial charge is 0.497 e. The Morgan fingerprint density at radius 1 is 1.38 bits per heavy atom. The summed E-state index contributed by atoms with van der Waals surface area (Å²) < 4.78 is 18.3. The molecule has 9 heteroatoms. The first-order valence-electron chi connectivity index (χ1n) is 8.30. The number of hydrogen-bond donors (Lipinski definition) is 3. The van der Waals surface area contributed by atoms with Gasteiger partial charge in [0.05, 0.1) is 26.1 Å². The number of fused-ring (bicyclic) bond motifs is 2. The van der Waals surface area contributed by atoms with Crippen molar-refractivity contribution in [1.29, 1.82) is 0 Å². The number of benzene rings is 1. The molecule has 2 fully saturated rings. The van der Waals surface area contributed by atoms with Gasteiger partial charge in [-0.3, -0.25) is 0 Å². The van der Waals surface area contributed by atoms with Crippen LogP contribution >= 0.6 is 0 Å². The number of carbonyl (C=O) groups excluding carboxylic acids is 1. The SMILES string of the molecule is COc1ccc(NC(=O)NC2C3COC(O3)C(n3ccnc3)C2O)cc1. The highest BCUT2D eigenvalue weighted by Gasteiger charge is 2.51. The minimum absolute atomic E-state index is 0.306. The maximum Gasteiger partial charge on any atom is 0.319 e. The van der Waals surface area contributed by atoms with Crippen molar-refractivity contribution < 1.29 is 24.1 Å². The van der Waals surface area contributed by atoms with Gasteiger partial charge < -0.3 is 34.5 Å². The lowest BCUT2D eigenvalue weighted by molar-refractivity contribution is -0.163. The maximum absolute atomic E-state index is 12.4. The molecule has 4 rings (SSSR count). The molecule has 0 aliphatic carbocycles. The first-order chi connectivity index (χ1) is 12.7. The number of nitrogens with one attached hydrogen (secondary N) is 2. The van der Waals surface area contributed by atoms with Gasteiger partial charge in [-0.2, -0.15) is 0 Å². The van der Waals surface area contributed by atoms with Crippen LogP contribution in [0.25, 0.3) is 0 Å². The molecule has 2 bridgehead atoms. The number of aliphatic hydroxyl groups excluding tert-OH is 1. The molecule has 2 aliphatic rings. The van der Waals surface area contributed by atoms with E-state index < -0.39 is 36.6 Å². The highest BCUT2D eigenvalue weighted by molar-refractivity contribution is 5.89. The van der Waals surface area contributed by atoms with E-state index in [4.69, 9.17) is 14.2 Å². The molecular weight excluding hydrogens is 340 g/mol. The van der Waals surface area contributed by atoms with Crippen LogP contribution in [0.2, 0.25) is 0 Å². The number of amides is 2. The molecule has 1 aromatic carbocycles. The van der Waals surface area contributed by atoms with Crippen LogP contribution < -0.4 is 15.4 Å². The molecule has 26 heavy (non-hydrogen) atoms. The van der Waals surface area contributed by atoms with E-state index in [-0.39, 0.29) is 0 Å². The first-order valence-corrected chi connectivity index (χ1v) is 8.30. The highest BCUT2D eigenvalue weighted by atomic mass is 16.7. The van der Waals surface area contributed by atoms with Crippen LogP contribution in [0.3, 0.4) is 0 Å². The fraction of sp³-hybridized carbons (Fsp3) is 0.412. The maximum atomic E-state index is 12.4. The van der Waals surface area contributed by atoms with Crippen LogP contribution in [0.5, 0.6) is 5.75 Å². The topological polar surface area (TPSA) is 107 Å². The summed E-state index contributed by atoms with van der Waals surface area (Å²) >= 11 is 0. The molecule has 0 spiro atoms. The van der Waals surface area contributed by atoms with Crippen LogP contribution in [0, 0.1) is 0 Å². The molecular formula is C17H20N4O5. The van der Waals surface area contributed by atoms with Crippen molar-refractivity contribution in [1.82, 2.24) is 14.9 Å². The summed E-state index contributed by atoms with van der Waals surface area (Å²) in [5, 5.41) is 16.3. The lowest BCUT2D eigenvalue weighted by Crippen LogP contribution is -2.59. The number of hydrogen-bond acceptors (Lipinski definition) is 6. The Hall–Kier alpha value is -2.62. The van der Waals surface area contributed by atoms with E-state index >= 15 is 0 Å². The molecule has 2 saturated heterocycles. The molecule has 0 radical (unpaired) electrons. The Labute approximate surface area is 149 Å². The smallest absolute Gasteiger partial charge is 0.319 e. The van der Waals surface area contributed by atoms with Gasteiger partial charge in [0.2, 0.25) is 0 Å². The third kappa shape index (κ3) is 3.12. The molecule has 0 saturated carbocycles. The average molecular weight is 360 g/mol. The molecule has 2 aromatic rings. The number of methoxy groups -OCH3 is 1. The molecule has 9 nitrogen and oxygen atoms in total. The molecule has 3 N–H and O–H groups in total. The van der Waals surface area contributed by atoms with Crippen molar-refractivity contribution >= 4 is 11.7 Å². The van der Waals surface area contributed by atoms with E-state index in [0.717, 1.165) is 0 Å². The van der Waals surface area contributed by atoms with E-state index in [1.165, 1.54) is 0 Å². The fourth-order valence-corrected chi connectivity index (χ4v) is 3.34. The Morgan fingerprint density at radius 3 is 2.88 bits per heavy atom. The summed E-state index contributed by atoms with van der Waals surface area (Å²) in [6, 6.07) is 5.43. The number of aliphatic hydroxyl groups is 1. The number of imidazole rings is 1. The Morgan fingerprint density at radius 2 is 2.19 bits per heavy atom. The average Bonchev–Trinajstić information content (AvgIpc) is 3.31. The van der Waals surface area contributed by atoms with Crippen LogP contribution in [-0.2, 0) is 9.47 Å². The zero-order valence-corrected chi connectivity index (χ0v) is 14.1. The van der Waals surface area contributed by atoms with Gasteiger partial charge in [0.1, 0.15) is 24.0 Å². The second-order valence-electron chi connectivity index (χ2n) is 6.22. The molecule has 5 unspecified atom stereocenters. The number of nitrogens with zero attached hydrogens (tertiary/aromatic N) is 2. The van der Waals surface area contributed by atoms with Crippen molar-refractivity contribution in [2.45, 2.75) is 30.6 Å². The van der Waals surface area contributed by atoms with Gasteiger partial charge in [-0.15, -0.1) is 0 Å². The second-order valence-corrected chi connectivity index (χ2v) is 6.22. The predicted octanol–water partition coefficient (Wildman–Crippen LogP) is 0.739. The molecule has 1 aromatic heterocycles. The Bertz CT molecular complexity index is 751. The number of aromatic nitrogens is 2. The molecule has 3 heterocycles. The van der Waals surface area contributed by atoms with E-state index in [2.05, 4.69) is 15.6 Å². The van der Waals surface area contributed by atoms with Crippen LogP contribution in [0.15, 0.2) is 43.0 Å². The lowest BCUT2D eigenvalue weighted by atomic mass is 9.96. The van der Waals surface area contributed by atoms with Gasteiger partial charge >= 0.3 is 6.03 Å². The van der Waals surface area contributed by atoms with Crippen molar-refractivity contribution in [3.8, 4) is 5.75 Å². The van der Waals surface area contributed by atoms with Gasteiger partial charge in [-0.1, -0.05) is 0 Å². The molecule has 5 atom stereocenters. The minimum Gasteiger partial charge on any atom is -0.497 e. The standard InChI is InChI=1S/C17H20N4O5/c1-24-11-4-2-10(3-5-11)19-17(23)20-13-12-8-25-16(26-12)14(15(13)22)21-7-6-18-9-21/h2-7,9,12-16,22H,8H2,1H3,(H2,19,20,23). The molecule has 2 aliphatic heterocycles. The highest BCUT2D eigenvalue weighted by Crippen LogP contribution is 2.35. The third-order valence-electron chi connectivity index (χ3n) is 4.65. The van der Waals surface area contributed by atoms with E-state index in [9.17, 15) is 9.90 Å². The number of carbonyl (C=O) groups is 1. The van der Waals surface area contributed by atoms with Gasteiger partial charge in [0, 0.05) is 18.1 Å². The Balaban J connectivity index is 1.45. The number of ether oxygens (including phenoxy) is 3. The quantitative estimate of drug-likeness (QED) is 0.742. The monoisotopic (exact) mass is 360 g/mol. The third-order valence-corrected chi connectivity index (χ3v) is 4.65. The zero-order valence-electron chi connectivity index (χ0n) is 14.1. The minimum atomic E-state index is -0.878. The molecule has 138 valence electrons. The summed E-state index contributed by atoms with van der Waals surface area (Å²) in [5.41, 5.74) is 0.612. The van der Waals surface area contributed by atoms with Gasteiger partial charge in [-0.05, 0) is 24.3 Å². The van der Waals surface area contributed by atoms with Crippen LogP contribution in [-0.4, -0.2) is 58.9 Å².